The second kappa shape index (κ2) is 5.69. The molecule has 6 heteroatoms. The SMILES string of the molecule is CCC1CCNC(C(=O)N2CC(=O)NC(=O)C2C)C1. The Bertz CT molecular complexity index is 397. The molecule has 106 valence electrons. The van der Waals surface area contributed by atoms with E-state index in [4.69, 9.17) is 0 Å². The first-order chi connectivity index (χ1) is 9.02. The Morgan fingerprint density at radius 1 is 1.42 bits per heavy atom. The molecule has 19 heavy (non-hydrogen) atoms. The van der Waals surface area contributed by atoms with Crippen molar-refractivity contribution in [3.05, 3.63) is 0 Å². The molecule has 6 nitrogen and oxygen atoms in total. The summed E-state index contributed by atoms with van der Waals surface area (Å²) in [7, 11) is 0. The molecule has 0 spiro atoms. The van der Waals surface area contributed by atoms with Crippen LogP contribution >= 0.6 is 0 Å². The molecule has 2 fully saturated rings. The van der Waals surface area contributed by atoms with Crippen molar-refractivity contribution in [2.45, 2.75) is 45.2 Å². The fourth-order valence-corrected chi connectivity index (χ4v) is 2.74. The molecular weight excluding hydrogens is 246 g/mol. The predicted octanol–water partition coefficient (Wildman–Crippen LogP) is -0.362. The summed E-state index contributed by atoms with van der Waals surface area (Å²) < 4.78 is 0. The normalized spacial score (nSPS) is 32.1. The largest absolute Gasteiger partial charge is 0.320 e. The molecule has 0 saturated carbocycles. The van der Waals surface area contributed by atoms with Gasteiger partial charge in [0.15, 0.2) is 0 Å². The van der Waals surface area contributed by atoms with Crippen molar-refractivity contribution in [1.82, 2.24) is 15.5 Å². The Hall–Kier alpha value is -1.43. The standard InChI is InChI=1S/C13H21N3O3/c1-3-9-4-5-14-10(6-9)13(19)16-7-11(17)15-12(18)8(16)2/h8-10,14H,3-7H2,1-2H3,(H,15,17,18). The van der Waals surface area contributed by atoms with Crippen molar-refractivity contribution < 1.29 is 14.4 Å². The van der Waals surface area contributed by atoms with Crippen molar-refractivity contribution in [1.29, 1.82) is 0 Å². The number of carbonyl (C=O) groups excluding carboxylic acids is 3. The number of nitrogens with zero attached hydrogens (tertiary/aromatic N) is 1. The summed E-state index contributed by atoms with van der Waals surface area (Å²) in [6, 6.07) is -0.839. The van der Waals surface area contributed by atoms with Crippen LogP contribution in [0.4, 0.5) is 0 Å². The van der Waals surface area contributed by atoms with Crippen LogP contribution in [-0.4, -0.2) is 47.8 Å². The van der Waals surface area contributed by atoms with Crippen LogP contribution < -0.4 is 10.6 Å². The first-order valence-corrected chi connectivity index (χ1v) is 6.90. The average molecular weight is 267 g/mol. The van der Waals surface area contributed by atoms with Gasteiger partial charge < -0.3 is 10.2 Å². The first-order valence-electron chi connectivity index (χ1n) is 6.90. The minimum atomic E-state index is -0.575. The van der Waals surface area contributed by atoms with Gasteiger partial charge in [-0.3, -0.25) is 19.7 Å². The Balaban J connectivity index is 2.05. The zero-order valence-corrected chi connectivity index (χ0v) is 11.4. The van der Waals surface area contributed by atoms with Crippen molar-refractivity contribution in [2.24, 2.45) is 5.92 Å². The van der Waals surface area contributed by atoms with Gasteiger partial charge in [-0.25, -0.2) is 0 Å². The second-order valence-electron chi connectivity index (χ2n) is 5.36. The summed E-state index contributed by atoms with van der Waals surface area (Å²) in [6.07, 6.45) is 2.92. The molecular formula is C13H21N3O3. The monoisotopic (exact) mass is 267 g/mol. The lowest BCUT2D eigenvalue weighted by Gasteiger charge is -2.37. The van der Waals surface area contributed by atoms with Crippen molar-refractivity contribution in [2.75, 3.05) is 13.1 Å². The highest BCUT2D eigenvalue weighted by Crippen LogP contribution is 2.21. The van der Waals surface area contributed by atoms with E-state index in [2.05, 4.69) is 17.6 Å². The third kappa shape index (κ3) is 2.94. The van der Waals surface area contributed by atoms with Crippen LogP contribution in [0.25, 0.3) is 0 Å². The number of hydrogen-bond acceptors (Lipinski definition) is 4. The second-order valence-corrected chi connectivity index (χ2v) is 5.36. The molecule has 2 heterocycles. The van der Waals surface area contributed by atoms with Crippen LogP contribution in [0.3, 0.4) is 0 Å². The van der Waals surface area contributed by atoms with Gasteiger partial charge in [-0.2, -0.15) is 0 Å². The predicted molar refractivity (Wildman–Crippen MR) is 69.1 cm³/mol. The molecule has 0 radical (unpaired) electrons. The minimum absolute atomic E-state index is 0.0271. The highest BCUT2D eigenvalue weighted by molar-refractivity contribution is 6.04. The topological polar surface area (TPSA) is 78.5 Å². The number of hydrogen-bond donors (Lipinski definition) is 2. The number of carbonyl (C=O) groups is 3. The van der Waals surface area contributed by atoms with E-state index < -0.39 is 17.9 Å². The molecule has 0 aromatic heterocycles. The van der Waals surface area contributed by atoms with Crippen molar-refractivity contribution >= 4 is 17.7 Å². The van der Waals surface area contributed by atoms with Gasteiger partial charge in [0.25, 0.3) is 0 Å². The van der Waals surface area contributed by atoms with E-state index in [0.29, 0.717) is 5.92 Å². The quantitative estimate of drug-likeness (QED) is 0.670. The number of piperazine rings is 1. The van der Waals surface area contributed by atoms with Gasteiger partial charge in [0.2, 0.25) is 17.7 Å². The average Bonchev–Trinajstić information content (AvgIpc) is 2.42. The molecule has 2 saturated heterocycles. The van der Waals surface area contributed by atoms with E-state index >= 15 is 0 Å². The highest BCUT2D eigenvalue weighted by Gasteiger charge is 2.37. The molecule has 2 aliphatic heterocycles. The maximum atomic E-state index is 12.4. The lowest BCUT2D eigenvalue weighted by Crippen LogP contribution is -2.62. The van der Waals surface area contributed by atoms with Gasteiger partial charge in [-0.05, 0) is 32.2 Å². The van der Waals surface area contributed by atoms with Crippen LogP contribution in [0, 0.1) is 5.92 Å². The number of imide groups is 1. The zero-order chi connectivity index (χ0) is 14.0. The smallest absolute Gasteiger partial charge is 0.249 e. The summed E-state index contributed by atoms with van der Waals surface area (Å²) >= 11 is 0. The first kappa shape index (κ1) is 14.0. The lowest BCUT2D eigenvalue weighted by atomic mass is 9.89. The molecule has 3 atom stereocenters. The fraction of sp³-hybridized carbons (Fsp3) is 0.769. The Labute approximate surface area is 112 Å². The van der Waals surface area contributed by atoms with Gasteiger partial charge in [0, 0.05) is 0 Å². The molecule has 3 amide bonds. The summed E-state index contributed by atoms with van der Waals surface area (Å²) in [5, 5.41) is 5.44. The number of rotatable bonds is 2. The van der Waals surface area contributed by atoms with Crippen LogP contribution in [0.15, 0.2) is 0 Å². The third-order valence-electron chi connectivity index (χ3n) is 4.09. The molecule has 0 bridgehead atoms. The summed E-state index contributed by atoms with van der Waals surface area (Å²) in [5.41, 5.74) is 0. The van der Waals surface area contributed by atoms with E-state index in [9.17, 15) is 14.4 Å². The maximum Gasteiger partial charge on any atom is 0.249 e. The van der Waals surface area contributed by atoms with E-state index in [1.807, 2.05) is 0 Å². The van der Waals surface area contributed by atoms with Gasteiger partial charge in [-0.15, -0.1) is 0 Å². The van der Waals surface area contributed by atoms with Gasteiger partial charge in [0.1, 0.15) is 12.6 Å². The van der Waals surface area contributed by atoms with Crippen LogP contribution in [0.1, 0.15) is 33.1 Å². The summed E-state index contributed by atoms with van der Waals surface area (Å²) in [4.78, 5) is 36.8. The van der Waals surface area contributed by atoms with Gasteiger partial charge >= 0.3 is 0 Å². The molecule has 3 unspecified atom stereocenters. The molecule has 2 N–H and O–H groups in total. The van der Waals surface area contributed by atoms with Crippen LogP contribution in [-0.2, 0) is 14.4 Å². The summed E-state index contributed by atoms with van der Waals surface area (Å²) in [6.45, 7) is 4.57. The lowest BCUT2D eigenvalue weighted by molar-refractivity contribution is -0.151. The number of nitrogens with one attached hydrogen (secondary N) is 2. The molecule has 0 aliphatic carbocycles. The van der Waals surface area contributed by atoms with E-state index in [0.717, 1.165) is 25.8 Å². The van der Waals surface area contributed by atoms with Crippen molar-refractivity contribution in [3.8, 4) is 0 Å². The van der Waals surface area contributed by atoms with Crippen LogP contribution in [0.2, 0.25) is 0 Å². The fourth-order valence-electron chi connectivity index (χ4n) is 2.74. The Kier molecular flexibility index (Phi) is 4.19. The molecule has 2 rings (SSSR count). The van der Waals surface area contributed by atoms with Crippen molar-refractivity contribution in [3.63, 3.8) is 0 Å². The van der Waals surface area contributed by atoms with E-state index in [-0.39, 0.29) is 18.5 Å². The minimum Gasteiger partial charge on any atom is -0.320 e. The Morgan fingerprint density at radius 2 is 2.16 bits per heavy atom. The third-order valence-corrected chi connectivity index (χ3v) is 4.09. The maximum absolute atomic E-state index is 12.4. The highest BCUT2D eigenvalue weighted by atomic mass is 16.2. The van der Waals surface area contributed by atoms with Crippen LogP contribution in [0.5, 0.6) is 0 Å². The molecule has 2 aliphatic rings. The van der Waals surface area contributed by atoms with E-state index in [1.54, 1.807) is 6.92 Å². The van der Waals surface area contributed by atoms with E-state index in [1.165, 1.54) is 4.90 Å². The summed E-state index contributed by atoms with van der Waals surface area (Å²) in [5.74, 6) is -0.388. The number of piperidine rings is 1. The number of amides is 3. The Morgan fingerprint density at radius 3 is 2.84 bits per heavy atom. The molecule has 0 aromatic rings. The molecule has 0 aromatic carbocycles. The van der Waals surface area contributed by atoms with Gasteiger partial charge in [-0.1, -0.05) is 13.3 Å². The zero-order valence-electron chi connectivity index (χ0n) is 11.4. The van der Waals surface area contributed by atoms with Gasteiger partial charge in [0.05, 0.1) is 6.04 Å².